The lowest BCUT2D eigenvalue weighted by molar-refractivity contribution is -0.113. The van der Waals surface area contributed by atoms with Crippen molar-refractivity contribution in [3.8, 4) is 0 Å². The van der Waals surface area contributed by atoms with E-state index in [1.165, 1.54) is 5.57 Å². The van der Waals surface area contributed by atoms with E-state index in [1.54, 1.807) is 11.3 Å². The molecule has 0 amide bonds. The van der Waals surface area contributed by atoms with Gasteiger partial charge in [0.05, 0.1) is 13.2 Å². The van der Waals surface area contributed by atoms with E-state index in [9.17, 15) is 4.79 Å². The number of carbonyl (C=O) groups is 1. The van der Waals surface area contributed by atoms with Crippen LogP contribution in [0.1, 0.15) is 11.3 Å². The molecule has 0 spiro atoms. The zero-order chi connectivity index (χ0) is 9.54. The van der Waals surface area contributed by atoms with E-state index in [2.05, 4.69) is 0 Å². The highest BCUT2D eigenvalue weighted by Gasteiger charge is 2.36. The summed E-state index contributed by atoms with van der Waals surface area (Å²) in [6.45, 7) is 1.39. The summed E-state index contributed by atoms with van der Waals surface area (Å²) >= 11 is 1.64. The fourth-order valence-electron chi connectivity index (χ4n) is 2.21. The summed E-state index contributed by atoms with van der Waals surface area (Å²) in [4.78, 5) is 12.9. The zero-order valence-corrected chi connectivity index (χ0v) is 8.47. The molecule has 1 fully saturated rings. The molecule has 1 aliphatic carbocycles. The topological polar surface area (TPSA) is 26.3 Å². The van der Waals surface area contributed by atoms with Gasteiger partial charge in [0.15, 0.2) is 5.78 Å². The van der Waals surface area contributed by atoms with Gasteiger partial charge in [0.25, 0.3) is 0 Å². The van der Waals surface area contributed by atoms with E-state index in [0.717, 1.165) is 17.1 Å². The highest BCUT2D eigenvalue weighted by atomic mass is 32.1. The first-order valence-electron chi connectivity index (χ1n) is 4.74. The Labute approximate surface area is 86.2 Å². The number of ether oxygens (including phenoxy) is 1. The number of allylic oxidation sites excluding steroid dienone is 1. The van der Waals surface area contributed by atoms with Crippen LogP contribution in [0.2, 0.25) is 0 Å². The fourth-order valence-corrected chi connectivity index (χ4v) is 3.03. The van der Waals surface area contributed by atoms with Crippen molar-refractivity contribution < 1.29 is 9.53 Å². The van der Waals surface area contributed by atoms with Crippen LogP contribution in [-0.4, -0.2) is 19.0 Å². The van der Waals surface area contributed by atoms with Crippen molar-refractivity contribution in [1.82, 2.24) is 0 Å². The van der Waals surface area contributed by atoms with Crippen LogP contribution < -0.4 is 0 Å². The molecular formula is C11H10O2S. The summed E-state index contributed by atoms with van der Waals surface area (Å²) in [5.74, 6) is 0.676. The summed E-state index contributed by atoms with van der Waals surface area (Å²) in [5.41, 5.74) is 2.18. The van der Waals surface area contributed by atoms with Crippen molar-refractivity contribution in [3.63, 3.8) is 0 Å². The van der Waals surface area contributed by atoms with Crippen molar-refractivity contribution >= 4 is 22.7 Å². The van der Waals surface area contributed by atoms with Crippen LogP contribution in [-0.2, 0) is 9.53 Å². The molecule has 0 bridgehead atoms. The Morgan fingerprint density at radius 3 is 3.21 bits per heavy atom. The molecule has 1 atom stereocenters. The number of hydrogen-bond donors (Lipinski definition) is 0. The molecule has 0 N–H and O–H groups in total. The molecule has 1 aromatic heterocycles. The van der Waals surface area contributed by atoms with E-state index in [1.807, 2.05) is 17.5 Å². The van der Waals surface area contributed by atoms with E-state index >= 15 is 0 Å². The Balaban J connectivity index is 2.12. The smallest absolute Gasteiger partial charge is 0.165 e. The second-order valence-corrected chi connectivity index (χ2v) is 4.66. The Morgan fingerprint density at radius 1 is 1.50 bits per heavy atom. The molecule has 3 heteroatoms. The number of thiophene rings is 1. The zero-order valence-electron chi connectivity index (χ0n) is 7.66. The largest absolute Gasteiger partial charge is 0.376 e. The van der Waals surface area contributed by atoms with Gasteiger partial charge in [-0.25, -0.2) is 0 Å². The van der Waals surface area contributed by atoms with Crippen LogP contribution in [0.15, 0.2) is 23.1 Å². The van der Waals surface area contributed by atoms with Crippen LogP contribution in [0.4, 0.5) is 0 Å². The third-order valence-corrected chi connectivity index (χ3v) is 3.76. The Hall–Kier alpha value is -0.930. The maximum atomic E-state index is 11.8. The molecule has 2 heterocycles. The second-order valence-electron chi connectivity index (χ2n) is 3.72. The Bertz CT molecular complexity index is 403. The first kappa shape index (κ1) is 8.38. The third-order valence-electron chi connectivity index (χ3n) is 2.87. The summed E-state index contributed by atoms with van der Waals surface area (Å²) in [5, 5.41) is 2.01. The minimum atomic E-state index is 0.302. The van der Waals surface area contributed by atoms with Crippen molar-refractivity contribution in [3.05, 3.63) is 28.0 Å². The lowest BCUT2D eigenvalue weighted by Gasteiger charge is -1.99. The predicted octanol–water partition coefficient (Wildman–Crippen LogP) is 2.12. The summed E-state index contributed by atoms with van der Waals surface area (Å²) in [6.07, 6.45) is 0.655. The van der Waals surface area contributed by atoms with Gasteiger partial charge in [-0.15, -0.1) is 11.3 Å². The first-order chi connectivity index (χ1) is 6.86. The third kappa shape index (κ3) is 1.09. The lowest BCUT2D eigenvalue weighted by Crippen LogP contribution is -2.00. The first-order valence-corrected chi connectivity index (χ1v) is 5.62. The van der Waals surface area contributed by atoms with Crippen LogP contribution in [0.3, 0.4) is 0 Å². The van der Waals surface area contributed by atoms with Crippen LogP contribution in [0.25, 0.3) is 5.57 Å². The average molecular weight is 206 g/mol. The van der Waals surface area contributed by atoms with Crippen molar-refractivity contribution in [2.45, 2.75) is 6.42 Å². The number of hydrogen-bond acceptors (Lipinski definition) is 3. The molecule has 1 aromatic rings. The van der Waals surface area contributed by atoms with Gasteiger partial charge in [-0.3, -0.25) is 4.79 Å². The highest BCUT2D eigenvalue weighted by molar-refractivity contribution is 7.11. The number of carbonyl (C=O) groups excluding carboxylic acids is 1. The number of Topliss-reactive ketones (excluding diaryl/α,β-unsaturated/α-hetero) is 1. The van der Waals surface area contributed by atoms with E-state index < -0.39 is 0 Å². The van der Waals surface area contributed by atoms with Crippen molar-refractivity contribution in [2.24, 2.45) is 5.92 Å². The van der Waals surface area contributed by atoms with Crippen LogP contribution >= 0.6 is 11.3 Å². The monoisotopic (exact) mass is 206 g/mol. The molecule has 1 unspecified atom stereocenters. The summed E-state index contributed by atoms with van der Waals surface area (Å²) in [7, 11) is 0. The molecule has 0 saturated carbocycles. The maximum absolute atomic E-state index is 11.8. The SMILES string of the molecule is O=C1CC2COCC2=C1c1cccs1. The van der Waals surface area contributed by atoms with Crippen LogP contribution in [0.5, 0.6) is 0 Å². The minimum absolute atomic E-state index is 0.302. The van der Waals surface area contributed by atoms with Gasteiger partial charge in [0.2, 0.25) is 0 Å². The molecular weight excluding hydrogens is 196 g/mol. The normalized spacial score (nSPS) is 26.0. The van der Waals surface area contributed by atoms with E-state index in [0.29, 0.717) is 24.7 Å². The molecule has 2 nitrogen and oxygen atoms in total. The van der Waals surface area contributed by atoms with Gasteiger partial charge < -0.3 is 4.74 Å². The van der Waals surface area contributed by atoms with Crippen molar-refractivity contribution in [2.75, 3.05) is 13.2 Å². The maximum Gasteiger partial charge on any atom is 0.165 e. The molecule has 0 aromatic carbocycles. The van der Waals surface area contributed by atoms with E-state index in [4.69, 9.17) is 4.74 Å². The summed E-state index contributed by atoms with van der Waals surface area (Å²) in [6, 6.07) is 4.01. The van der Waals surface area contributed by atoms with Gasteiger partial charge >= 0.3 is 0 Å². The standard InChI is InChI=1S/C11H10O2S/c12-9-4-7-5-13-6-8(7)11(9)10-2-1-3-14-10/h1-3,7H,4-6H2. The minimum Gasteiger partial charge on any atom is -0.376 e. The number of fused-ring (bicyclic) bond motifs is 1. The number of rotatable bonds is 1. The molecule has 0 radical (unpaired) electrons. The van der Waals surface area contributed by atoms with Gasteiger partial charge in [-0.1, -0.05) is 6.07 Å². The quantitative estimate of drug-likeness (QED) is 0.703. The Morgan fingerprint density at radius 2 is 2.43 bits per heavy atom. The predicted molar refractivity (Wildman–Crippen MR) is 55.2 cm³/mol. The van der Waals surface area contributed by atoms with Gasteiger partial charge in [-0.05, 0) is 17.0 Å². The molecule has 3 rings (SSSR count). The second kappa shape index (κ2) is 3.04. The number of ketones is 1. The Kier molecular flexibility index (Phi) is 1.82. The molecule has 2 aliphatic rings. The molecule has 72 valence electrons. The summed E-state index contributed by atoms with van der Waals surface area (Å²) < 4.78 is 5.38. The lowest BCUT2D eigenvalue weighted by atomic mass is 10.1. The average Bonchev–Trinajstić information content (AvgIpc) is 2.78. The van der Waals surface area contributed by atoms with E-state index in [-0.39, 0.29) is 0 Å². The van der Waals surface area contributed by atoms with Gasteiger partial charge in [-0.2, -0.15) is 0 Å². The molecule has 1 aliphatic heterocycles. The van der Waals surface area contributed by atoms with Crippen LogP contribution in [0, 0.1) is 5.92 Å². The highest BCUT2D eigenvalue weighted by Crippen LogP contribution is 2.40. The fraction of sp³-hybridized carbons (Fsp3) is 0.364. The van der Waals surface area contributed by atoms with Gasteiger partial charge in [0.1, 0.15) is 0 Å². The van der Waals surface area contributed by atoms with Gasteiger partial charge in [0, 0.05) is 22.8 Å². The van der Waals surface area contributed by atoms with Crippen molar-refractivity contribution in [1.29, 1.82) is 0 Å². The molecule has 1 saturated heterocycles. The molecule has 14 heavy (non-hydrogen) atoms.